The summed E-state index contributed by atoms with van der Waals surface area (Å²) in [4.78, 5) is 22.3. The molecule has 4 nitrogen and oxygen atoms in total. The zero-order chi connectivity index (χ0) is 11.3. The molecular weight excluding hydrogens is 260 g/mol. The molecule has 86 valence electrons. The average molecular weight is 277 g/mol. The number of rotatable bonds is 4. The summed E-state index contributed by atoms with van der Waals surface area (Å²) in [5.41, 5.74) is 0. The Hall–Kier alpha value is -0.580. The van der Waals surface area contributed by atoms with Crippen molar-refractivity contribution >= 4 is 27.7 Å². The molecule has 2 amide bonds. The predicted molar refractivity (Wildman–Crippen MR) is 61.8 cm³/mol. The van der Waals surface area contributed by atoms with Gasteiger partial charge in [-0.15, -0.1) is 0 Å². The Balaban J connectivity index is 2.26. The summed E-state index contributed by atoms with van der Waals surface area (Å²) >= 11 is 3.11. The van der Waals surface area contributed by atoms with Crippen molar-refractivity contribution in [3.05, 3.63) is 0 Å². The molecule has 1 saturated carbocycles. The molecule has 1 rings (SSSR count). The molecule has 5 heteroatoms. The molecule has 2 N–H and O–H groups in total. The molecule has 1 aliphatic carbocycles. The molecule has 0 heterocycles. The van der Waals surface area contributed by atoms with Crippen LogP contribution in [0, 0.1) is 0 Å². The molecule has 0 aromatic heterocycles. The highest BCUT2D eigenvalue weighted by Crippen LogP contribution is 2.19. The maximum absolute atomic E-state index is 11.1. The van der Waals surface area contributed by atoms with Crippen molar-refractivity contribution in [2.75, 3.05) is 5.33 Å². The summed E-state index contributed by atoms with van der Waals surface area (Å²) in [6.07, 6.45) is 3.28. The van der Waals surface area contributed by atoms with Gasteiger partial charge >= 0.3 is 0 Å². The van der Waals surface area contributed by atoms with Crippen LogP contribution in [-0.4, -0.2) is 29.2 Å². The maximum Gasteiger partial charge on any atom is 0.230 e. The predicted octanol–water partition coefficient (Wildman–Crippen LogP) is 0.945. The van der Waals surface area contributed by atoms with Gasteiger partial charge in [0, 0.05) is 18.5 Å². The highest BCUT2D eigenvalue weighted by Gasteiger charge is 2.26. The van der Waals surface area contributed by atoms with E-state index >= 15 is 0 Å². The summed E-state index contributed by atoms with van der Waals surface area (Å²) < 4.78 is 0. The summed E-state index contributed by atoms with van der Waals surface area (Å²) in [6.45, 7) is 1.84. The van der Waals surface area contributed by atoms with E-state index in [1.807, 2.05) is 6.92 Å². The van der Waals surface area contributed by atoms with Gasteiger partial charge in [0.05, 0.1) is 5.33 Å². The number of nitrogens with one attached hydrogen (secondary N) is 2. The minimum Gasteiger partial charge on any atom is -0.353 e. The van der Waals surface area contributed by atoms with Crippen LogP contribution in [-0.2, 0) is 9.59 Å². The van der Waals surface area contributed by atoms with E-state index in [0.717, 1.165) is 19.3 Å². The third-order valence-corrected chi connectivity index (χ3v) is 3.11. The highest BCUT2D eigenvalue weighted by atomic mass is 79.9. The van der Waals surface area contributed by atoms with E-state index in [-0.39, 0.29) is 23.9 Å². The van der Waals surface area contributed by atoms with Crippen molar-refractivity contribution in [3.63, 3.8) is 0 Å². The smallest absolute Gasteiger partial charge is 0.230 e. The van der Waals surface area contributed by atoms with Crippen LogP contribution in [0.15, 0.2) is 0 Å². The first kappa shape index (κ1) is 12.5. The molecule has 2 atom stereocenters. The van der Waals surface area contributed by atoms with Crippen molar-refractivity contribution < 1.29 is 9.59 Å². The largest absolute Gasteiger partial charge is 0.353 e. The lowest BCUT2D eigenvalue weighted by Crippen LogP contribution is -2.37. The monoisotopic (exact) mass is 276 g/mol. The van der Waals surface area contributed by atoms with Crippen LogP contribution in [0.25, 0.3) is 0 Å². The third kappa shape index (κ3) is 4.20. The fraction of sp³-hybridized carbons (Fsp3) is 0.800. The molecule has 0 unspecified atom stereocenters. The second-order valence-corrected chi connectivity index (χ2v) is 4.39. The molecular formula is C10H17BrN2O2. The Morgan fingerprint density at radius 1 is 1.20 bits per heavy atom. The Morgan fingerprint density at radius 3 is 2.20 bits per heavy atom. The lowest BCUT2D eigenvalue weighted by atomic mass is 10.2. The van der Waals surface area contributed by atoms with Crippen molar-refractivity contribution in [2.24, 2.45) is 0 Å². The van der Waals surface area contributed by atoms with Crippen LogP contribution in [0.1, 0.15) is 32.6 Å². The van der Waals surface area contributed by atoms with Gasteiger partial charge in [-0.2, -0.15) is 0 Å². The second kappa shape index (κ2) is 6.10. The molecule has 0 saturated heterocycles. The highest BCUT2D eigenvalue weighted by molar-refractivity contribution is 9.09. The number of amides is 2. The quantitative estimate of drug-likeness (QED) is 0.751. The summed E-state index contributed by atoms with van der Waals surface area (Å²) in [5.74, 6) is 0.106. The number of halogens is 1. The van der Waals surface area contributed by atoms with E-state index in [1.54, 1.807) is 0 Å². The van der Waals surface area contributed by atoms with Crippen LogP contribution < -0.4 is 10.6 Å². The van der Waals surface area contributed by atoms with E-state index in [1.165, 1.54) is 0 Å². The van der Waals surface area contributed by atoms with Crippen LogP contribution in [0.2, 0.25) is 0 Å². The van der Waals surface area contributed by atoms with E-state index < -0.39 is 0 Å². The minimum absolute atomic E-state index is 0.0162. The summed E-state index contributed by atoms with van der Waals surface area (Å²) in [6, 6.07) is 0.454. The third-order valence-electron chi connectivity index (χ3n) is 2.61. The van der Waals surface area contributed by atoms with E-state index in [9.17, 15) is 9.59 Å². The molecule has 0 aliphatic heterocycles. The van der Waals surface area contributed by atoms with Crippen LogP contribution in [0.4, 0.5) is 0 Å². The number of carbonyl (C=O) groups excluding carboxylic acids is 2. The first-order valence-electron chi connectivity index (χ1n) is 5.30. The first-order valence-corrected chi connectivity index (χ1v) is 6.42. The van der Waals surface area contributed by atoms with Gasteiger partial charge in [-0.1, -0.05) is 22.9 Å². The molecule has 15 heavy (non-hydrogen) atoms. The lowest BCUT2D eigenvalue weighted by molar-refractivity contribution is -0.121. The number of carbonyl (C=O) groups is 2. The standard InChI is InChI=1S/C10H17BrN2O2/c1-2-9(14)12-7-3-4-8(5-7)13-10(15)6-11/h7-8H,2-6H2,1H3,(H,12,14)(H,13,15)/t7-,8+/m1/s1. The Bertz CT molecular complexity index is 222. The molecule has 0 aromatic carbocycles. The normalized spacial score (nSPS) is 24.9. The second-order valence-electron chi connectivity index (χ2n) is 3.83. The molecule has 0 spiro atoms. The molecule has 0 aromatic rings. The zero-order valence-corrected chi connectivity index (χ0v) is 10.5. The summed E-state index contributed by atoms with van der Waals surface area (Å²) in [7, 11) is 0. The van der Waals surface area contributed by atoms with Crippen LogP contribution in [0.3, 0.4) is 0 Å². The van der Waals surface area contributed by atoms with Gasteiger partial charge in [0.1, 0.15) is 0 Å². The van der Waals surface area contributed by atoms with Gasteiger partial charge in [0.25, 0.3) is 0 Å². The number of alkyl halides is 1. The topological polar surface area (TPSA) is 58.2 Å². The van der Waals surface area contributed by atoms with Crippen molar-refractivity contribution in [1.29, 1.82) is 0 Å². The van der Waals surface area contributed by atoms with E-state index in [4.69, 9.17) is 0 Å². The molecule has 0 bridgehead atoms. The van der Waals surface area contributed by atoms with Crippen molar-refractivity contribution in [2.45, 2.75) is 44.7 Å². The van der Waals surface area contributed by atoms with Gasteiger partial charge < -0.3 is 10.6 Å². The summed E-state index contributed by atoms with van der Waals surface area (Å²) in [5, 5.41) is 6.20. The van der Waals surface area contributed by atoms with Gasteiger partial charge in [-0.05, 0) is 19.3 Å². The Labute approximate surface area is 98.3 Å². The van der Waals surface area contributed by atoms with Gasteiger partial charge in [-0.3, -0.25) is 9.59 Å². The van der Waals surface area contributed by atoms with E-state index in [2.05, 4.69) is 26.6 Å². The van der Waals surface area contributed by atoms with Gasteiger partial charge in [-0.25, -0.2) is 0 Å². The van der Waals surface area contributed by atoms with Gasteiger partial charge in [0.15, 0.2) is 0 Å². The Kier molecular flexibility index (Phi) is 5.08. The van der Waals surface area contributed by atoms with E-state index in [0.29, 0.717) is 11.8 Å². The maximum atomic E-state index is 11.1. The number of hydrogen-bond donors (Lipinski definition) is 2. The Morgan fingerprint density at radius 2 is 1.73 bits per heavy atom. The molecule has 1 fully saturated rings. The fourth-order valence-corrected chi connectivity index (χ4v) is 2.00. The number of hydrogen-bond acceptors (Lipinski definition) is 2. The fourth-order valence-electron chi connectivity index (χ4n) is 1.84. The van der Waals surface area contributed by atoms with Crippen molar-refractivity contribution in [3.8, 4) is 0 Å². The average Bonchev–Trinajstić information content (AvgIpc) is 2.65. The van der Waals surface area contributed by atoms with Crippen LogP contribution in [0.5, 0.6) is 0 Å². The lowest BCUT2D eigenvalue weighted by Gasteiger charge is -2.13. The van der Waals surface area contributed by atoms with Gasteiger partial charge in [0.2, 0.25) is 11.8 Å². The molecule has 1 aliphatic rings. The van der Waals surface area contributed by atoms with Crippen molar-refractivity contribution in [1.82, 2.24) is 10.6 Å². The molecule has 0 radical (unpaired) electrons. The van der Waals surface area contributed by atoms with Crippen LogP contribution >= 0.6 is 15.9 Å². The minimum atomic E-state index is 0.0162. The first-order chi connectivity index (χ1) is 7.15. The SMILES string of the molecule is CCC(=O)N[C@@H]1CC[C@H](NC(=O)CBr)C1. The zero-order valence-electron chi connectivity index (χ0n) is 8.88.